The molecular formula is C19H19ClN2O2. The topological polar surface area (TPSA) is 49.4 Å². The highest BCUT2D eigenvalue weighted by Gasteiger charge is 2.66. The Hall–Kier alpha value is -1.81. The third-order valence-electron chi connectivity index (χ3n) is 6.37. The Labute approximate surface area is 145 Å². The highest BCUT2D eigenvalue weighted by Crippen LogP contribution is 2.65. The van der Waals surface area contributed by atoms with E-state index in [4.69, 9.17) is 11.6 Å². The number of carbonyl (C=O) groups excluding carboxylic acids is 2. The lowest BCUT2D eigenvalue weighted by Crippen LogP contribution is -2.40. The van der Waals surface area contributed by atoms with Gasteiger partial charge < -0.3 is 5.32 Å². The van der Waals surface area contributed by atoms with Gasteiger partial charge in [-0.2, -0.15) is 0 Å². The lowest BCUT2D eigenvalue weighted by Gasteiger charge is -2.37. The number of aryl methyl sites for hydroxylation is 1. The van der Waals surface area contributed by atoms with Gasteiger partial charge in [0.1, 0.15) is 0 Å². The van der Waals surface area contributed by atoms with Crippen molar-refractivity contribution in [3.63, 3.8) is 0 Å². The predicted octanol–water partition coefficient (Wildman–Crippen LogP) is 3.07. The van der Waals surface area contributed by atoms with Gasteiger partial charge in [0.25, 0.3) is 0 Å². The fraction of sp³-hybridized carbons (Fsp3) is 0.474. The summed E-state index contributed by atoms with van der Waals surface area (Å²) in [7, 11) is 0. The molecule has 1 saturated heterocycles. The summed E-state index contributed by atoms with van der Waals surface area (Å²) in [5.74, 6) is 1.59. The van der Waals surface area contributed by atoms with E-state index in [1.54, 1.807) is 0 Å². The van der Waals surface area contributed by atoms with Gasteiger partial charge in [0.15, 0.2) is 0 Å². The van der Waals surface area contributed by atoms with Crippen molar-refractivity contribution in [3.8, 4) is 0 Å². The Morgan fingerprint density at radius 3 is 2.33 bits per heavy atom. The molecule has 2 saturated carbocycles. The summed E-state index contributed by atoms with van der Waals surface area (Å²) in [5.41, 5.74) is 1.83. The molecule has 2 amide bonds. The number of hydrogen-bond donors (Lipinski definition) is 1. The van der Waals surface area contributed by atoms with E-state index >= 15 is 0 Å². The minimum absolute atomic E-state index is 0.000378. The van der Waals surface area contributed by atoms with Crippen LogP contribution in [0.1, 0.15) is 12.0 Å². The zero-order valence-corrected chi connectivity index (χ0v) is 14.2. The largest absolute Gasteiger partial charge is 0.367 e. The van der Waals surface area contributed by atoms with Crippen LogP contribution in [0.5, 0.6) is 0 Å². The molecule has 1 aromatic carbocycles. The summed E-state index contributed by atoms with van der Waals surface area (Å²) >= 11 is 6.14. The molecule has 0 unspecified atom stereocenters. The van der Waals surface area contributed by atoms with Gasteiger partial charge in [0.05, 0.1) is 18.5 Å². The molecular weight excluding hydrogens is 324 g/mol. The molecule has 6 rings (SSSR count). The van der Waals surface area contributed by atoms with Gasteiger partial charge in [-0.05, 0) is 54.7 Å². The van der Waals surface area contributed by atoms with E-state index < -0.39 is 0 Å². The standard InChI is InChI=1S/C19H19ClN2O2/c1-9-2-3-10(6-15(9)20)21-8-22-18(23)16-11-4-5-12(14-7-13(11)14)17(16)19(22)24/h2-6,11-14,16-17,21H,7-8H2,1H3/t11-,12+,13-,14-,16+,17+/m1/s1. The lowest BCUT2D eigenvalue weighted by atomic mass is 9.63. The second-order valence-corrected chi connectivity index (χ2v) is 7.97. The fourth-order valence-corrected chi connectivity index (χ4v) is 5.23. The van der Waals surface area contributed by atoms with Crippen molar-refractivity contribution in [1.82, 2.24) is 4.90 Å². The normalized spacial score (nSPS) is 38.3. The monoisotopic (exact) mass is 342 g/mol. The minimum Gasteiger partial charge on any atom is -0.367 e. The van der Waals surface area contributed by atoms with E-state index in [0.717, 1.165) is 11.3 Å². The van der Waals surface area contributed by atoms with E-state index in [0.29, 0.717) is 16.9 Å². The van der Waals surface area contributed by atoms with Gasteiger partial charge in [0.2, 0.25) is 11.8 Å². The summed E-state index contributed by atoms with van der Waals surface area (Å²) < 4.78 is 0. The highest BCUT2D eigenvalue weighted by atomic mass is 35.5. The molecule has 5 heteroatoms. The maximum atomic E-state index is 12.9. The summed E-state index contributed by atoms with van der Waals surface area (Å²) in [6, 6.07) is 5.67. The Balaban J connectivity index is 1.36. The number of likely N-dealkylation sites (tertiary alicyclic amines) is 1. The average Bonchev–Trinajstić information content (AvgIpc) is 3.35. The van der Waals surface area contributed by atoms with Crippen molar-refractivity contribution in [2.24, 2.45) is 35.5 Å². The van der Waals surface area contributed by atoms with Crippen LogP contribution in [-0.4, -0.2) is 23.4 Å². The van der Waals surface area contributed by atoms with Gasteiger partial charge in [-0.15, -0.1) is 0 Å². The first kappa shape index (κ1) is 14.5. The van der Waals surface area contributed by atoms with Gasteiger partial charge >= 0.3 is 0 Å². The second kappa shape index (κ2) is 4.85. The highest BCUT2D eigenvalue weighted by molar-refractivity contribution is 6.31. The van der Waals surface area contributed by atoms with Crippen LogP contribution in [0.2, 0.25) is 5.02 Å². The number of anilines is 1. The van der Waals surface area contributed by atoms with Crippen LogP contribution < -0.4 is 5.32 Å². The molecule has 124 valence electrons. The van der Waals surface area contributed by atoms with E-state index in [-0.39, 0.29) is 42.2 Å². The van der Waals surface area contributed by atoms with Crippen LogP contribution in [0.25, 0.3) is 0 Å². The summed E-state index contributed by atoms with van der Waals surface area (Å²) in [5, 5.41) is 3.85. The van der Waals surface area contributed by atoms with Crippen LogP contribution in [0.3, 0.4) is 0 Å². The summed E-state index contributed by atoms with van der Waals surface area (Å²) in [4.78, 5) is 27.1. The molecule has 1 heterocycles. The maximum Gasteiger partial charge on any atom is 0.235 e. The molecule has 4 aliphatic carbocycles. The van der Waals surface area contributed by atoms with Gasteiger partial charge in [0, 0.05) is 10.7 Å². The van der Waals surface area contributed by atoms with Crippen molar-refractivity contribution in [3.05, 3.63) is 40.9 Å². The summed E-state index contributed by atoms with van der Waals surface area (Å²) in [6.45, 7) is 2.16. The van der Waals surface area contributed by atoms with Gasteiger partial charge in [-0.1, -0.05) is 29.8 Å². The first-order chi connectivity index (χ1) is 11.6. The molecule has 0 radical (unpaired) electrons. The van der Waals surface area contributed by atoms with Crippen molar-refractivity contribution in [2.45, 2.75) is 13.3 Å². The Bertz CT molecular complexity index is 754. The number of benzene rings is 1. The zero-order valence-electron chi connectivity index (χ0n) is 13.4. The van der Waals surface area contributed by atoms with E-state index in [9.17, 15) is 9.59 Å². The fourth-order valence-electron chi connectivity index (χ4n) is 5.05. The van der Waals surface area contributed by atoms with Crippen LogP contribution in [0, 0.1) is 42.4 Å². The quantitative estimate of drug-likeness (QED) is 0.678. The number of carbonyl (C=O) groups is 2. The van der Waals surface area contributed by atoms with Gasteiger partial charge in [-0.3, -0.25) is 14.5 Å². The minimum atomic E-state index is -0.125. The van der Waals surface area contributed by atoms with Crippen molar-refractivity contribution in [1.29, 1.82) is 0 Å². The Morgan fingerprint density at radius 2 is 1.75 bits per heavy atom. The van der Waals surface area contributed by atoms with Crippen molar-refractivity contribution >= 4 is 29.1 Å². The molecule has 1 N–H and O–H groups in total. The number of nitrogens with zero attached hydrogens (tertiary/aromatic N) is 1. The SMILES string of the molecule is Cc1ccc(NCN2C(=O)[C@H]3[C@@H]4C=C[C@@H]([C@H]5C[C@H]45)[C@@H]3C2=O)cc1Cl. The molecule has 4 nitrogen and oxygen atoms in total. The Morgan fingerprint density at radius 1 is 1.12 bits per heavy atom. The molecule has 6 atom stereocenters. The first-order valence-electron chi connectivity index (χ1n) is 8.60. The van der Waals surface area contributed by atoms with Crippen LogP contribution in [0.15, 0.2) is 30.4 Å². The molecule has 3 fully saturated rings. The number of amides is 2. The van der Waals surface area contributed by atoms with Crippen LogP contribution in [0.4, 0.5) is 5.69 Å². The average molecular weight is 343 g/mol. The van der Waals surface area contributed by atoms with Crippen molar-refractivity contribution < 1.29 is 9.59 Å². The van der Waals surface area contributed by atoms with Gasteiger partial charge in [-0.25, -0.2) is 0 Å². The lowest BCUT2D eigenvalue weighted by molar-refractivity contribution is -0.139. The predicted molar refractivity (Wildman–Crippen MR) is 91.2 cm³/mol. The maximum absolute atomic E-state index is 12.9. The number of rotatable bonds is 3. The number of halogens is 1. The molecule has 0 spiro atoms. The van der Waals surface area contributed by atoms with Crippen LogP contribution >= 0.6 is 11.6 Å². The smallest absolute Gasteiger partial charge is 0.235 e. The third-order valence-corrected chi connectivity index (χ3v) is 6.77. The second-order valence-electron chi connectivity index (χ2n) is 7.56. The van der Waals surface area contributed by atoms with E-state index in [1.807, 2.05) is 25.1 Å². The molecule has 2 bridgehead atoms. The van der Waals surface area contributed by atoms with E-state index in [2.05, 4.69) is 17.5 Å². The van der Waals surface area contributed by atoms with Crippen molar-refractivity contribution in [2.75, 3.05) is 12.0 Å². The zero-order chi connectivity index (χ0) is 16.6. The number of nitrogens with one attached hydrogen (secondary N) is 1. The molecule has 24 heavy (non-hydrogen) atoms. The summed E-state index contributed by atoms with van der Waals surface area (Å²) in [6.07, 6.45) is 5.58. The number of allylic oxidation sites excluding steroid dienone is 2. The number of imide groups is 1. The first-order valence-corrected chi connectivity index (χ1v) is 8.97. The Kier molecular flexibility index (Phi) is 2.94. The van der Waals surface area contributed by atoms with Crippen LogP contribution in [-0.2, 0) is 9.59 Å². The molecule has 0 aromatic heterocycles. The molecule has 1 aromatic rings. The third kappa shape index (κ3) is 1.86. The number of hydrogen-bond acceptors (Lipinski definition) is 3. The molecule has 1 aliphatic heterocycles. The van der Waals surface area contributed by atoms with E-state index in [1.165, 1.54) is 11.3 Å². The molecule has 5 aliphatic rings.